The van der Waals surface area contributed by atoms with E-state index >= 15 is 0 Å². The van der Waals surface area contributed by atoms with E-state index in [4.69, 9.17) is 11.6 Å². The van der Waals surface area contributed by atoms with Crippen molar-refractivity contribution in [2.45, 2.75) is 12.8 Å². The van der Waals surface area contributed by atoms with Gasteiger partial charge in [-0.15, -0.1) is 11.3 Å². The highest BCUT2D eigenvalue weighted by molar-refractivity contribution is 7.10. The highest BCUT2D eigenvalue weighted by Crippen LogP contribution is 2.27. The standard InChI is InChI=1S/C13H17ClN2OS/c14-11-3-12(18-8-11)1-2-13(17)16-6-9-4-15-5-10(9)7-16/h3,8-10,15H,1-2,4-7H2/t9-,10+. The molecule has 3 heterocycles. The molecule has 0 radical (unpaired) electrons. The maximum absolute atomic E-state index is 12.1. The van der Waals surface area contributed by atoms with E-state index in [-0.39, 0.29) is 0 Å². The topological polar surface area (TPSA) is 32.3 Å². The van der Waals surface area contributed by atoms with Crippen LogP contribution in [0.3, 0.4) is 0 Å². The summed E-state index contributed by atoms with van der Waals surface area (Å²) in [6.07, 6.45) is 1.43. The average molecular weight is 285 g/mol. The Balaban J connectivity index is 1.50. The molecule has 3 rings (SSSR count). The normalized spacial score (nSPS) is 26.6. The van der Waals surface area contributed by atoms with Crippen molar-refractivity contribution in [3.8, 4) is 0 Å². The van der Waals surface area contributed by atoms with Crippen molar-refractivity contribution in [1.82, 2.24) is 10.2 Å². The van der Waals surface area contributed by atoms with Gasteiger partial charge in [0.05, 0.1) is 5.02 Å². The number of amides is 1. The number of fused-ring (bicyclic) bond motifs is 1. The third-order valence-corrected chi connectivity index (χ3v) is 5.29. The molecule has 0 aliphatic carbocycles. The molecule has 0 bridgehead atoms. The van der Waals surface area contributed by atoms with Crippen LogP contribution in [0.4, 0.5) is 0 Å². The van der Waals surface area contributed by atoms with Gasteiger partial charge in [0.25, 0.3) is 0 Å². The van der Waals surface area contributed by atoms with Crippen molar-refractivity contribution in [2.24, 2.45) is 11.8 Å². The molecule has 2 atom stereocenters. The van der Waals surface area contributed by atoms with Crippen LogP contribution in [-0.4, -0.2) is 37.0 Å². The fraction of sp³-hybridized carbons (Fsp3) is 0.615. The summed E-state index contributed by atoms with van der Waals surface area (Å²) >= 11 is 7.51. The van der Waals surface area contributed by atoms with Crippen LogP contribution < -0.4 is 5.32 Å². The molecule has 1 aromatic rings. The highest BCUT2D eigenvalue weighted by atomic mass is 35.5. The zero-order valence-electron chi connectivity index (χ0n) is 10.2. The van der Waals surface area contributed by atoms with Gasteiger partial charge in [0, 0.05) is 42.9 Å². The number of thiophene rings is 1. The van der Waals surface area contributed by atoms with E-state index in [1.54, 1.807) is 11.3 Å². The van der Waals surface area contributed by atoms with Crippen LogP contribution in [0, 0.1) is 11.8 Å². The summed E-state index contributed by atoms with van der Waals surface area (Å²) in [5.74, 6) is 1.67. The molecular weight excluding hydrogens is 268 g/mol. The molecular formula is C13H17ClN2OS. The summed E-state index contributed by atoms with van der Waals surface area (Å²) in [7, 11) is 0. The fourth-order valence-corrected chi connectivity index (χ4v) is 4.01. The quantitative estimate of drug-likeness (QED) is 0.921. The predicted octanol–water partition coefficient (Wildman–Crippen LogP) is 2.01. The largest absolute Gasteiger partial charge is 0.342 e. The van der Waals surface area contributed by atoms with Gasteiger partial charge in [0.2, 0.25) is 5.91 Å². The number of likely N-dealkylation sites (tertiary alicyclic amines) is 1. The molecule has 0 saturated carbocycles. The summed E-state index contributed by atoms with van der Waals surface area (Å²) in [6, 6.07) is 1.96. The minimum absolute atomic E-state index is 0.300. The number of rotatable bonds is 3. The minimum Gasteiger partial charge on any atom is -0.342 e. The number of nitrogens with one attached hydrogen (secondary N) is 1. The van der Waals surface area contributed by atoms with Gasteiger partial charge in [-0.05, 0) is 24.3 Å². The van der Waals surface area contributed by atoms with Crippen LogP contribution in [0.1, 0.15) is 11.3 Å². The minimum atomic E-state index is 0.300. The molecule has 1 amide bonds. The van der Waals surface area contributed by atoms with Crippen LogP contribution in [0.5, 0.6) is 0 Å². The molecule has 2 fully saturated rings. The first-order valence-corrected chi connectivity index (χ1v) is 7.69. The van der Waals surface area contributed by atoms with Crippen molar-refractivity contribution in [2.75, 3.05) is 26.2 Å². The van der Waals surface area contributed by atoms with E-state index in [9.17, 15) is 4.79 Å². The Labute approximate surface area is 116 Å². The van der Waals surface area contributed by atoms with Crippen molar-refractivity contribution in [3.63, 3.8) is 0 Å². The van der Waals surface area contributed by atoms with Crippen LogP contribution in [0.25, 0.3) is 0 Å². The van der Waals surface area contributed by atoms with Gasteiger partial charge >= 0.3 is 0 Å². The van der Waals surface area contributed by atoms with Crippen LogP contribution in [-0.2, 0) is 11.2 Å². The zero-order valence-corrected chi connectivity index (χ0v) is 11.8. The number of carbonyl (C=O) groups excluding carboxylic acids is 1. The lowest BCUT2D eigenvalue weighted by Crippen LogP contribution is -2.31. The van der Waals surface area contributed by atoms with E-state index in [0.717, 1.165) is 37.6 Å². The molecule has 1 aromatic heterocycles. The Morgan fingerprint density at radius 3 is 2.78 bits per heavy atom. The van der Waals surface area contributed by atoms with Crippen molar-refractivity contribution in [1.29, 1.82) is 0 Å². The second-order valence-corrected chi connectivity index (χ2v) is 6.64. The first-order valence-electron chi connectivity index (χ1n) is 6.44. The van der Waals surface area contributed by atoms with E-state index < -0.39 is 0 Å². The average Bonchev–Trinajstić information content (AvgIpc) is 3.00. The second kappa shape index (κ2) is 5.19. The number of carbonyl (C=O) groups is 1. The Morgan fingerprint density at radius 1 is 1.44 bits per heavy atom. The highest BCUT2D eigenvalue weighted by Gasteiger charge is 2.37. The van der Waals surface area contributed by atoms with Gasteiger partial charge in [0.1, 0.15) is 0 Å². The summed E-state index contributed by atoms with van der Waals surface area (Å²) < 4.78 is 0. The van der Waals surface area contributed by atoms with Gasteiger partial charge in [0.15, 0.2) is 0 Å². The van der Waals surface area contributed by atoms with Gasteiger partial charge < -0.3 is 10.2 Å². The van der Waals surface area contributed by atoms with Crippen LogP contribution in [0.2, 0.25) is 5.02 Å². The number of halogens is 1. The summed E-state index contributed by atoms with van der Waals surface area (Å²) in [5.41, 5.74) is 0. The lowest BCUT2D eigenvalue weighted by atomic mass is 10.0. The Kier molecular flexibility index (Phi) is 3.59. The third-order valence-electron chi connectivity index (χ3n) is 3.95. The molecule has 0 spiro atoms. The SMILES string of the molecule is O=C(CCc1cc(Cl)cs1)N1C[C@H]2CNC[C@H]2C1. The molecule has 0 unspecified atom stereocenters. The maximum Gasteiger partial charge on any atom is 0.222 e. The Hall–Kier alpha value is -0.580. The number of hydrogen-bond donors (Lipinski definition) is 1. The molecule has 5 heteroatoms. The van der Waals surface area contributed by atoms with Crippen molar-refractivity contribution < 1.29 is 4.79 Å². The van der Waals surface area contributed by atoms with Crippen LogP contribution >= 0.6 is 22.9 Å². The molecule has 18 heavy (non-hydrogen) atoms. The van der Waals surface area contributed by atoms with E-state index in [1.165, 1.54) is 4.88 Å². The smallest absolute Gasteiger partial charge is 0.222 e. The monoisotopic (exact) mass is 284 g/mol. The number of hydrogen-bond acceptors (Lipinski definition) is 3. The van der Waals surface area contributed by atoms with Crippen molar-refractivity contribution in [3.05, 3.63) is 21.3 Å². The molecule has 2 aliphatic heterocycles. The Bertz CT molecular complexity index is 436. The molecule has 1 N–H and O–H groups in total. The number of nitrogens with zero attached hydrogens (tertiary/aromatic N) is 1. The van der Waals surface area contributed by atoms with Gasteiger partial charge in [-0.25, -0.2) is 0 Å². The van der Waals surface area contributed by atoms with Crippen LogP contribution in [0.15, 0.2) is 11.4 Å². The molecule has 3 nitrogen and oxygen atoms in total. The summed E-state index contributed by atoms with van der Waals surface area (Å²) in [4.78, 5) is 15.4. The number of aryl methyl sites for hydroxylation is 1. The molecule has 0 aromatic carbocycles. The fourth-order valence-electron chi connectivity index (χ4n) is 2.93. The Morgan fingerprint density at radius 2 is 2.17 bits per heavy atom. The van der Waals surface area contributed by atoms with Gasteiger partial charge in [-0.2, -0.15) is 0 Å². The van der Waals surface area contributed by atoms with E-state index in [0.29, 0.717) is 24.2 Å². The first-order chi connectivity index (χ1) is 8.72. The summed E-state index contributed by atoms with van der Waals surface area (Å²) in [6.45, 7) is 4.05. The predicted molar refractivity (Wildman–Crippen MR) is 74.1 cm³/mol. The molecule has 2 saturated heterocycles. The zero-order chi connectivity index (χ0) is 12.5. The third kappa shape index (κ3) is 2.56. The van der Waals surface area contributed by atoms with E-state index in [1.807, 2.05) is 16.3 Å². The van der Waals surface area contributed by atoms with E-state index in [2.05, 4.69) is 5.32 Å². The molecule has 2 aliphatic rings. The maximum atomic E-state index is 12.1. The lowest BCUT2D eigenvalue weighted by molar-refractivity contribution is -0.130. The second-order valence-electron chi connectivity index (χ2n) is 5.21. The van der Waals surface area contributed by atoms with Crippen molar-refractivity contribution >= 4 is 28.8 Å². The molecule has 98 valence electrons. The lowest BCUT2D eigenvalue weighted by Gasteiger charge is -2.17. The first kappa shape index (κ1) is 12.5. The summed E-state index contributed by atoms with van der Waals surface area (Å²) in [5, 5.41) is 6.10. The van der Waals surface area contributed by atoms with Gasteiger partial charge in [-0.3, -0.25) is 4.79 Å². The van der Waals surface area contributed by atoms with Gasteiger partial charge in [-0.1, -0.05) is 11.6 Å².